The Bertz CT molecular complexity index is 129. The summed E-state index contributed by atoms with van der Waals surface area (Å²) in [5, 5.41) is 12.2. The van der Waals surface area contributed by atoms with E-state index in [1.807, 2.05) is 0 Å². The van der Waals surface area contributed by atoms with Gasteiger partial charge < -0.3 is 15.2 Å². The molecule has 3 nitrogen and oxygen atoms in total. The molecule has 0 aromatic rings. The van der Waals surface area contributed by atoms with Gasteiger partial charge in [0.25, 0.3) is 0 Å². The molecular weight excluding hydrogens is 190 g/mol. The van der Waals surface area contributed by atoms with Gasteiger partial charge in [0.2, 0.25) is 0 Å². The quantitative estimate of drug-likeness (QED) is 0.547. The molecule has 0 aromatic carbocycles. The molecule has 0 aromatic heterocycles. The Balaban J connectivity index is 3.21. The van der Waals surface area contributed by atoms with Gasteiger partial charge in [-0.1, -0.05) is 27.2 Å². The van der Waals surface area contributed by atoms with Crippen LogP contribution < -0.4 is 5.32 Å². The van der Waals surface area contributed by atoms with Crippen molar-refractivity contribution in [2.75, 3.05) is 32.9 Å². The number of aliphatic hydroxyl groups is 1. The molecule has 0 fully saturated rings. The molecule has 0 bridgehead atoms. The van der Waals surface area contributed by atoms with E-state index in [1.54, 1.807) is 0 Å². The van der Waals surface area contributed by atoms with E-state index in [2.05, 4.69) is 26.1 Å². The number of aliphatic hydroxyl groups excluding tert-OH is 1. The van der Waals surface area contributed by atoms with Crippen molar-refractivity contribution in [2.24, 2.45) is 11.8 Å². The number of hydrogen-bond donors (Lipinski definition) is 2. The molecule has 0 heterocycles. The van der Waals surface area contributed by atoms with Crippen LogP contribution in [0.3, 0.4) is 0 Å². The van der Waals surface area contributed by atoms with E-state index < -0.39 is 0 Å². The molecular formula is C12H27NO2. The fourth-order valence-corrected chi connectivity index (χ4v) is 1.40. The van der Waals surface area contributed by atoms with Crippen LogP contribution in [0.2, 0.25) is 0 Å². The summed E-state index contributed by atoms with van der Waals surface area (Å²) in [6, 6.07) is 0. The highest BCUT2D eigenvalue weighted by molar-refractivity contribution is 4.60. The minimum absolute atomic E-state index is 0.296. The first kappa shape index (κ1) is 14.9. The topological polar surface area (TPSA) is 41.5 Å². The maximum atomic E-state index is 8.82. The molecule has 1 atom stereocenters. The van der Waals surface area contributed by atoms with Crippen LogP contribution in [0.25, 0.3) is 0 Å². The van der Waals surface area contributed by atoms with Crippen molar-refractivity contribution in [3.05, 3.63) is 0 Å². The monoisotopic (exact) mass is 217 g/mol. The Morgan fingerprint density at radius 1 is 1.33 bits per heavy atom. The molecule has 3 heteroatoms. The van der Waals surface area contributed by atoms with E-state index in [0.29, 0.717) is 18.4 Å². The molecule has 1 unspecified atom stereocenters. The number of nitrogens with one attached hydrogen (secondary N) is 1. The zero-order chi connectivity index (χ0) is 11.5. The summed E-state index contributed by atoms with van der Waals surface area (Å²) in [5.41, 5.74) is 0. The van der Waals surface area contributed by atoms with Crippen molar-refractivity contribution in [2.45, 2.75) is 33.6 Å². The third kappa shape index (κ3) is 10.2. The second-order valence-electron chi connectivity index (χ2n) is 4.46. The molecule has 0 rings (SSSR count). The largest absolute Gasteiger partial charge is 0.396 e. The van der Waals surface area contributed by atoms with E-state index in [9.17, 15) is 0 Å². The summed E-state index contributed by atoms with van der Waals surface area (Å²) < 4.78 is 5.46. The van der Waals surface area contributed by atoms with Gasteiger partial charge in [0.05, 0.1) is 6.61 Å². The predicted molar refractivity (Wildman–Crippen MR) is 64.0 cm³/mol. The first-order valence-corrected chi connectivity index (χ1v) is 6.10. The summed E-state index contributed by atoms with van der Waals surface area (Å²) in [5.74, 6) is 1.21. The maximum Gasteiger partial charge on any atom is 0.0591 e. The minimum Gasteiger partial charge on any atom is -0.396 e. The van der Waals surface area contributed by atoms with Gasteiger partial charge >= 0.3 is 0 Å². The van der Waals surface area contributed by atoms with Gasteiger partial charge in [-0.05, 0) is 24.8 Å². The number of rotatable bonds is 10. The predicted octanol–water partition coefficient (Wildman–Crippen LogP) is 1.66. The molecule has 0 aliphatic rings. The van der Waals surface area contributed by atoms with Gasteiger partial charge in [-0.2, -0.15) is 0 Å². The lowest BCUT2D eigenvalue weighted by atomic mass is 10.0. The average Bonchev–Trinajstić information content (AvgIpc) is 2.21. The van der Waals surface area contributed by atoms with Gasteiger partial charge in [0.1, 0.15) is 0 Å². The van der Waals surface area contributed by atoms with Crippen LogP contribution in [-0.4, -0.2) is 38.0 Å². The van der Waals surface area contributed by atoms with Gasteiger partial charge in [0.15, 0.2) is 0 Å². The lowest BCUT2D eigenvalue weighted by molar-refractivity contribution is 0.111. The lowest BCUT2D eigenvalue weighted by Crippen LogP contribution is -2.27. The summed E-state index contributed by atoms with van der Waals surface area (Å²) in [6.45, 7) is 10.3. The highest BCUT2D eigenvalue weighted by Gasteiger charge is 2.04. The van der Waals surface area contributed by atoms with Gasteiger partial charge in [-0.15, -0.1) is 0 Å². The van der Waals surface area contributed by atoms with Crippen LogP contribution in [0.15, 0.2) is 0 Å². The standard InChI is InChI=1S/C12H27NO2/c1-4-12(5-7-14)9-13-6-8-15-10-11(2)3/h11-14H,4-10H2,1-3H3. The Hall–Kier alpha value is -0.120. The SMILES string of the molecule is CCC(CCO)CNCCOCC(C)C. The van der Waals surface area contributed by atoms with Crippen LogP contribution in [0.1, 0.15) is 33.6 Å². The van der Waals surface area contributed by atoms with Crippen molar-refractivity contribution in [3.8, 4) is 0 Å². The Morgan fingerprint density at radius 3 is 2.60 bits per heavy atom. The highest BCUT2D eigenvalue weighted by atomic mass is 16.5. The second kappa shape index (κ2) is 10.4. The van der Waals surface area contributed by atoms with Gasteiger partial charge in [0, 0.05) is 19.8 Å². The third-order valence-electron chi connectivity index (χ3n) is 2.42. The maximum absolute atomic E-state index is 8.82. The van der Waals surface area contributed by atoms with Crippen molar-refractivity contribution < 1.29 is 9.84 Å². The van der Waals surface area contributed by atoms with E-state index in [0.717, 1.165) is 39.1 Å². The number of hydrogen-bond acceptors (Lipinski definition) is 3. The Labute approximate surface area is 94.2 Å². The average molecular weight is 217 g/mol. The molecule has 15 heavy (non-hydrogen) atoms. The smallest absolute Gasteiger partial charge is 0.0591 e. The zero-order valence-electron chi connectivity index (χ0n) is 10.5. The summed E-state index contributed by atoms with van der Waals surface area (Å²) in [4.78, 5) is 0. The second-order valence-corrected chi connectivity index (χ2v) is 4.46. The van der Waals surface area contributed by atoms with Crippen LogP contribution >= 0.6 is 0 Å². The van der Waals surface area contributed by atoms with Gasteiger partial charge in [-0.3, -0.25) is 0 Å². The molecule has 0 aliphatic heterocycles. The van der Waals surface area contributed by atoms with Crippen molar-refractivity contribution in [1.82, 2.24) is 5.32 Å². The van der Waals surface area contributed by atoms with E-state index in [-0.39, 0.29) is 0 Å². The lowest BCUT2D eigenvalue weighted by Gasteiger charge is -2.14. The van der Waals surface area contributed by atoms with Gasteiger partial charge in [-0.25, -0.2) is 0 Å². The van der Waals surface area contributed by atoms with Crippen LogP contribution in [0, 0.1) is 11.8 Å². The van der Waals surface area contributed by atoms with Crippen molar-refractivity contribution >= 4 is 0 Å². The molecule has 0 radical (unpaired) electrons. The van der Waals surface area contributed by atoms with Crippen LogP contribution in [0.4, 0.5) is 0 Å². The molecule has 92 valence electrons. The summed E-state index contributed by atoms with van der Waals surface area (Å²) >= 11 is 0. The first-order valence-electron chi connectivity index (χ1n) is 6.10. The molecule has 0 saturated heterocycles. The van der Waals surface area contributed by atoms with Crippen molar-refractivity contribution in [3.63, 3.8) is 0 Å². The summed E-state index contributed by atoms with van der Waals surface area (Å²) in [7, 11) is 0. The highest BCUT2D eigenvalue weighted by Crippen LogP contribution is 2.05. The molecule has 2 N–H and O–H groups in total. The third-order valence-corrected chi connectivity index (χ3v) is 2.42. The molecule has 0 amide bonds. The molecule has 0 saturated carbocycles. The fourth-order valence-electron chi connectivity index (χ4n) is 1.40. The minimum atomic E-state index is 0.296. The van der Waals surface area contributed by atoms with Crippen LogP contribution in [0.5, 0.6) is 0 Å². The fraction of sp³-hybridized carbons (Fsp3) is 1.00. The van der Waals surface area contributed by atoms with E-state index in [1.165, 1.54) is 0 Å². The molecule has 0 aliphatic carbocycles. The normalized spacial score (nSPS) is 13.4. The van der Waals surface area contributed by atoms with Crippen molar-refractivity contribution in [1.29, 1.82) is 0 Å². The van der Waals surface area contributed by atoms with E-state index in [4.69, 9.17) is 9.84 Å². The zero-order valence-corrected chi connectivity index (χ0v) is 10.5. The molecule has 0 spiro atoms. The van der Waals surface area contributed by atoms with Crippen LogP contribution in [-0.2, 0) is 4.74 Å². The Morgan fingerprint density at radius 2 is 2.07 bits per heavy atom. The summed E-state index contributed by atoms with van der Waals surface area (Å²) in [6.07, 6.45) is 2.02. The first-order chi connectivity index (χ1) is 7.20. The number of ether oxygens (including phenoxy) is 1. The Kier molecular flexibility index (Phi) is 10.3. The van der Waals surface area contributed by atoms with E-state index >= 15 is 0 Å².